The maximum Gasteiger partial charge on any atom is 0.193 e. The van der Waals surface area contributed by atoms with Gasteiger partial charge in [0.15, 0.2) is 5.96 Å². The summed E-state index contributed by atoms with van der Waals surface area (Å²) in [6.45, 7) is 7.92. The summed E-state index contributed by atoms with van der Waals surface area (Å²) in [6, 6.07) is 15.0. The fraction of sp³-hybridized carbons (Fsp3) is 0.350. The lowest BCUT2D eigenvalue weighted by Gasteiger charge is -2.28. The number of aryl methyl sites for hydroxylation is 2. The Morgan fingerprint density at radius 1 is 1.12 bits per heavy atom. The van der Waals surface area contributed by atoms with Gasteiger partial charge in [0.05, 0.1) is 6.54 Å². The summed E-state index contributed by atoms with van der Waals surface area (Å²) < 4.78 is 0. The Hall–Kier alpha value is -1.60. The molecule has 0 bridgehead atoms. The molecule has 0 atom stereocenters. The van der Waals surface area contributed by atoms with Gasteiger partial charge in [-0.3, -0.25) is 9.89 Å². The molecule has 3 rings (SSSR count). The first kappa shape index (κ1) is 19.7. The zero-order chi connectivity index (χ0) is 16.9. The third-order valence-electron chi connectivity index (χ3n) is 4.40. The molecule has 0 fully saturated rings. The fourth-order valence-electron chi connectivity index (χ4n) is 3.29. The molecule has 1 aliphatic heterocycles. The zero-order valence-corrected chi connectivity index (χ0v) is 17.3. The molecular formula is C20H27IN4. The molecule has 0 aromatic heterocycles. The summed E-state index contributed by atoms with van der Waals surface area (Å²) in [4.78, 5) is 6.91. The van der Waals surface area contributed by atoms with Crippen LogP contribution < -0.4 is 11.1 Å². The quantitative estimate of drug-likeness (QED) is 0.424. The third kappa shape index (κ3) is 5.71. The molecule has 2 aromatic rings. The fourth-order valence-corrected chi connectivity index (χ4v) is 3.29. The Bertz CT molecular complexity index is 722. The number of anilines is 1. The Morgan fingerprint density at radius 2 is 1.80 bits per heavy atom. The highest BCUT2D eigenvalue weighted by Gasteiger charge is 2.14. The normalized spacial score (nSPS) is 14.6. The highest BCUT2D eigenvalue weighted by molar-refractivity contribution is 14.0. The lowest BCUT2D eigenvalue weighted by atomic mass is 10.0. The number of nitrogens with one attached hydrogen (secondary N) is 1. The third-order valence-corrected chi connectivity index (χ3v) is 4.40. The maximum atomic E-state index is 6.02. The van der Waals surface area contributed by atoms with Crippen LogP contribution in [0.15, 0.2) is 47.5 Å². The zero-order valence-electron chi connectivity index (χ0n) is 15.0. The van der Waals surface area contributed by atoms with Gasteiger partial charge >= 0.3 is 0 Å². The van der Waals surface area contributed by atoms with Gasteiger partial charge in [0.25, 0.3) is 0 Å². The lowest BCUT2D eigenvalue weighted by molar-refractivity contribution is 0.262. The van der Waals surface area contributed by atoms with Crippen molar-refractivity contribution < 1.29 is 0 Å². The second-order valence-electron chi connectivity index (χ2n) is 6.56. The van der Waals surface area contributed by atoms with E-state index in [1.54, 1.807) is 0 Å². The molecule has 0 spiro atoms. The van der Waals surface area contributed by atoms with Crippen LogP contribution in [0.3, 0.4) is 0 Å². The van der Waals surface area contributed by atoms with Crippen molar-refractivity contribution in [1.82, 2.24) is 4.90 Å². The first-order valence-electron chi connectivity index (χ1n) is 8.54. The van der Waals surface area contributed by atoms with Gasteiger partial charge in [-0.1, -0.05) is 30.3 Å². The van der Waals surface area contributed by atoms with Gasteiger partial charge < -0.3 is 11.1 Å². The van der Waals surface area contributed by atoms with Gasteiger partial charge in [-0.25, -0.2) is 0 Å². The topological polar surface area (TPSA) is 53.6 Å². The minimum absolute atomic E-state index is 0. The van der Waals surface area contributed by atoms with E-state index in [4.69, 9.17) is 5.73 Å². The molecular weight excluding hydrogens is 423 g/mol. The Kier molecular flexibility index (Phi) is 7.25. The number of benzene rings is 2. The van der Waals surface area contributed by atoms with E-state index in [-0.39, 0.29) is 24.0 Å². The standard InChI is InChI=1S/C20H26N4.HI/c1-15-11-16(2)13-19(12-15)23-20(21)22-8-10-24-9-7-17-5-3-4-6-18(17)14-24;/h3-6,11-13H,7-10,14H2,1-2H3,(H3,21,22,23);1H. The van der Waals surface area contributed by atoms with E-state index in [1.165, 1.54) is 22.3 Å². The highest BCUT2D eigenvalue weighted by atomic mass is 127. The Labute approximate surface area is 167 Å². The van der Waals surface area contributed by atoms with Crippen molar-refractivity contribution in [3.63, 3.8) is 0 Å². The van der Waals surface area contributed by atoms with Crippen LogP contribution in [0.4, 0.5) is 5.69 Å². The SMILES string of the molecule is Cc1cc(C)cc(NC(N)=NCCN2CCc3ccccc3C2)c1.I. The molecule has 25 heavy (non-hydrogen) atoms. The van der Waals surface area contributed by atoms with Crippen LogP contribution in [0.1, 0.15) is 22.3 Å². The smallest absolute Gasteiger partial charge is 0.193 e. The largest absolute Gasteiger partial charge is 0.370 e. The van der Waals surface area contributed by atoms with Gasteiger partial charge in [-0.05, 0) is 54.7 Å². The second-order valence-corrected chi connectivity index (χ2v) is 6.56. The average molecular weight is 450 g/mol. The van der Waals surface area contributed by atoms with Crippen LogP contribution >= 0.6 is 24.0 Å². The van der Waals surface area contributed by atoms with Gasteiger partial charge in [0.2, 0.25) is 0 Å². The molecule has 3 N–H and O–H groups in total. The first-order chi connectivity index (χ1) is 11.6. The number of aliphatic imine (C=N–C) groups is 1. The molecule has 0 unspecified atom stereocenters. The maximum absolute atomic E-state index is 6.02. The van der Waals surface area contributed by atoms with Crippen molar-refractivity contribution in [2.24, 2.45) is 10.7 Å². The minimum atomic E-state index is 0. The first-order valence-corrected chi connectivity index (χ1v) is 8.54. The molecule has 0 aliphatic carbocycles. The summed E-state index contributed by atoms with van der Waals surface area (Å²) in [5, 5.41) is 3.19. The van der Waals surface area contributed by atoms with Crippen LogP contribution in [0.5, 0.6) is 0 Å². The number of nitrogens with two attached hydrogens (primary N) is 1. The van der Waals surface area contributed by atoms with E-state index in [2.05, 4.69) is 71.5 Å². The monoisotopic (exact) mass is 450 g/mol. The summed E-state index contributed by atoms with van der Waals surface area (Å²) >= 11 is 0. The number of fused-ring (bicyclic) bond motifs is 1. The molecule has 0 radical (unpaired) electrons. The predicted octanol–water partition coefficient (Wildman–Crippen LogP) is 3.71. The van der Waals surface area contributed by atoms with Gasteiger partial charge in [-0.2, -0.15) is 0 Å². The molecule has 0 amide bonds. The van der Waals surface area contributed by atoms with Gasteiger partial charge in [0, 0.05) is 25.3 Å². The number of nitrogens with zero attached hydrogens (tertiary/aromatic N) is 2. The highest BCUT2D eigenvalue weighted by Crippen LogP contribution is 2.18. The molecule has 4 nitrogen and oxygen atoms in total. The molecule has 0 saturated carbocycles. The number of hydrogen-bond acceptors (Lipinski definition) is 2. The predicted molar refractivity (Wildman–Crippen MR) is 117 cm³/mol. The molecule has 5 heteroatoms. The summed E-state index contributed by atoms with van der Waals surface area (Å²) in [5.41, 5.74) is 12.4. The number of hydrogen-bond donors (Lipinski definition) is 2. The van der Waals surface area contributed by atoms with Gasteiger partial charge in [0.1, 0.15) is 0 Å². The number of rotatable bonds is 4. The summed E-state index contributed by atoms with van der Waals surface area (Å²) in [6.07, 6.45) is 1.12. The van der Waals surface area contributed by atoms with Crippen LogP contribution in [-0.4, -0.2) is 30.5 Å². The molecule has 1 aliphatic rings. The van der Waals surface area contributed by atoms with Crippen molar-refractivity contribution in [2.45, 2.75) is 26.8 Å². The van der Waals surface area contributed by atoms with Crippen LogP contribution in [-0.2, 0) is 13.0 Å². The van der Waals surface area contributed by atoms with E-state index in [0.29, 0.717) is 12.5 Å². The van der Waals surface area contributed by atoms with Crippen molar-refractivity contribution >= 4 is 35.6 Å². The Morgan fingerprint density at radius 3 is 2.52 bits per heavy atom. The van der Waals surface area contributed by atoms with Crippen LogP contribution in [0, 0.1) is 13.8 Å². The van der Waals surface area contributed by atoms with Crippen molar-refractivity contribution in [1.29, 1.82) is 0 Å². The van der Waals surface area contributed by atoms with E-state index in [9.17, 15) is 0 Å². The number of halogens is 1. The van der Waals surface area contributed by atoms with Gasteiger partial charge in [-0.15, -0.1) is 24.0 Å². The molecule has 2 aromatic carbocycles. The van der Waals surface area contributed by atoms with Crippen molar-refractivity contribution in [3.05, 3.63) is 64.7 Å². The van der Waals surface area contributed by atoms with Crippen molar-refractivity contribution in [3.8, 4) is 0 Å². The lowest BCUT2D eigenvalue weighted by Crippen LogP contribution is -2.33. The number of guanidine groups is 1. The minimum Gasteiger partial charge on any atom is -0.370 e. The van der Waals surface area contributed by atoms with E-state index in [1.807, 2.05) is 0 Å². The van der Waals surface area contributed by atoms with Crippen LogP contribution in [0.2, 0.25) is 0 Å². The molecule has 134 valence electrons. The second kappa shape index (κ2) is 9.20. The van der Waals surface area contributed by atoms with Crippen molar-refractivity contribution in [2.75, 3.05) is 25.0 Å². The Balaban J connectivity index is 0.00000225. The van der Waals surface area contributed by atoms with E-state index < -0.39 is 0 Å². The van der Waals surface area contributed by atoms with Crippen LogP contribution in [0.25, 0.3) is 0 Å². The molecule has 1 heterocycles. The van der Waals surface area contributed by atoms with E-state index in [0.717, 1.165) is 31.7 Å². The van der Waals surface area contributed by atoms with E-state index >= 15 is 0 Å². The molecule has 0 saturated heterocycles. The summed E-state index contributed by atoms with van der Waals surface area (Å²) in [7, 11) is 0. The average Bonchev–Trinajstić information content (AvgIpc) is 2.53. The summed E-state index contributed by atoms with van der Waals surface area (Å²) in [5.74, 6) is 0.484.